The number of fused-ring (bicyclic) bond motifs is 1. The van der Waals surface area contributed by atoms with Gasteiger partial charge in [-0.25, -0.2) is 8.42 Å². The van der Waals surface area contributed by atoms with Crippen LogP contribution in [-0.4, -0.2) is 30.6 Å². The Morgan fingerprint density at radius 2 is 1.82 bits per heavy atom. The first-order chi connectivity index (χ1) is 15.8. The smallest absolute Gasteiger partial charge is 0.310 e. The van der Waals surface area contributed by atoms with Gasteiger partial charge in [0, 0.05) is 17.2 Å². The van der Waals surface area contributed by atoms with Crippen molar-refractivity contribution < 1.29 is 22.5 Å². The number of benzene rings is 2. The number of ether oxygens (including phenoxy) is 1. The highest BCUT2D eigenvalue weighted by atomic mass is 32.2. The molecule has 9 heteroatoms. The van der Waals surface area contributed by atoms with Crippen molar-refractivity contribution >= 4 is 21.7 Å². The first kappa shape index (κ1) is 20.4. The van der Waals surface area contributed by atoms with Gasteiger partial charge in [0.05, 0.1) is 16.7 Å². The highest BCUT2D eigenvalue weighted by Crippen LogP contribution is 2.61. The Morgan fingerprint density at radius 1 is 1.03 bits per heavy atom. The summed E-state index contributed by atoms with van der Waals surface area (Å²) in [6.45, 7) is 3.68. The lowest BCUT2D eigenvalue weighted by Crippen LogP contribution is -2.24. The molecule has 0 spiro atoms. The van der Waals surface area contributed by atoms with Crippen LogP contribution in [0.25, 0.3) is 11.4 Å². The summed E-state index contributed by atoms with van der Waals surface area (Å²) in [5, 5.41) is 4.12. The van der Waals surface area contributed by atoms with Gasteiger partial charge in [-0.2, -0.15) is 4.98 Å². The Hall–Kier alpha value is -3.20. The van der Waals surface area contributed by atoms with E-state index in [4.69, 9.17) is 9.26 Å². The van der Waals surface area contributed by atoms with Gasteiger partial charge in [-0.3, -0.25) is 9.52 Å². The lowest BCUT2D eigenvalue weighted by atomic mass is 9.80. The summed E-state index contributed by atoms with van der Waals surface area (Å²) in [6, 6.07) is 12.2. The Bertz CT molecular complexity index is 1360. The number of carbonyl (C=O) groups is 1. The topological polar surface area (TPSA) is 111 Å². The van der Waals surface area contributed by atoms with Crippen LogP contribution in [0, 0.1) is 31.6 Å². The van der Waals surface area contributed by atoms with Crippen molar-refractivity contribution in [3.63, 3.8) is 0 Å². The highest BCUT2D eigenvalue weighted by Gasteiger charge is 2.63. The standard InChI is InChI=1S/C24H23N3O5S/c1-12-3-7-16(8-4-12)27-33(29,30)19-11-14(6-5-13(19)2)22-25-23(32-26-22)20-15-9-17-18(10-15)31-24(28)21(17)20/h3-8,11,15,17-18,20-21,27H,9-10H2,1-2H3/t15-,17+,18-,20-,21-/m1/s1. The summed E-state index contributed by atoms with van der Waals surface area (Å²) in [5.74, 6) is 0.781. The molecule has 0 unspecified atom stereocenters. The van der Waals surface area contributed by atoms with E-state index in [1.165, 1.54) is 0 Å². The van der Waals surface area contributed by atoms with Gasteiger partial charge < -0.3 is 9.26 Å². The van der Waals surface area contributed by atoms with Crippen molar-refractivity contribution in [3.05, 3.63) is 59.5 Å². The van der Waals surface area contributed by atoms with E-state index < -0.39 is 10.0 Å². The van der Waals surface area contributed by atoms with Crippen LogP contribution in [0.15, 0.2) is 51.9 Å². The van der Waals surface area contributed by atoms with Crippen LogP contribution in [-0.2, 0) is 19.6 Å². The first-order valence-electron chi connectivity index (χ1n) is 11.0. The molecule has 1 saturated heterocycles. The molecule has 170 valence electrons. The fourth-order valence-corrected chi connectivity index (χ4v) is 7.02. The van der Waals surface area contributed by atoms with E-state index in [0.29, 0.717) is 34.4 Å². The number of hydrogen-bond acceptors (Lipinski definition) is 7. The summed E-state index contributed by atoms with van der Waals surface area (Å²) < 4.78 is 39.9. The van der Waals surface area contributed by atoms with E-state index in [1.807, 2.05) is 19.1 Å². The normalized spacial score (nSPS) is 27.7. The van der Waals surface area contributed by atoms with Crippen LogP contribution in [0.5, 0.6) is 0 Å². The van der Waals surface area contributed by atoms with Crippen LogP contribution >= 0.6 is 0 Å². The number of aryl methyl sites for hydroxylation is 2. The molecule has 1 N–H and O–H groups in total. The summed E-state index contributed by atoms with van der Waals surface area (Å²) in [4.78, 5) is 17.1. The molecule has 1 aliphatic heterocycles. The molecule has 3 fully saturated rings. The lowest BCUT2D eigenvalue weighted by Gasteiger charge is -2.20. The lowest BCUT2D eigenvalue weighted by molar-refractivity contribution is -0.143. The third kappa shape index (κ3) is 3.25. The molecule has 6 rings (SSSR count). The quantitative estimate of drug-likeness (QED) is 0.570. The number of hydrogen-bond donors (Lipinski definition) is 1. The van der Waals surface area contributed by atoms with Crippen molar-refractivity contribution in [3.8, 4) is 11.4 Å². The number of anilines is 1. The molecule has 2 bridgehead atoms. The largest absolute Gasteiger partial charge is 0.462 e. The van der Waals surface area contributed by atoms with Crippen LogP contribution in [0.1, 0.15) is 35.8 Å². The molecule has 3 aliphatic rings. The Labute approximate surface area is 191 Å². The summed E-state index contributed by atoms with van der Waals surface area (Å²) in [7, 11) is -3.81. The van der Waals surface area contributed by atoms with Crippen molar-refractivity contribution in [1.29, 1.82) is 0 Å². The number of nitrogens with one attached hydrogen (secondary N) is 1. The van der Waals surface area contributed by atoms with E-state index >= 15 is 0 Å². The Balaban J connectivity index is 1.30. The molecule has 2 heterocycles. The zero-order valence-electron chi connectivity index (χ0n) is 18.2. The minimum Gasteiger partial charge on any atom is -0.462 e. The zero-order valence-corrected chi connectivity index (χ0v) is 19.0. The number of esters is 1. The van der Waals surface area contributed by atoms with Gasteiger partial charge in [0.2, 0.25) is 11.7 Å². The van der Waals surface area contributed by atoms with Gasteiger partial charge in [0.1, 0.15) is 6.10 Å². The molecule has 2 aromatic carbocycles. The number of rotatable bonds is 5. The fourth-order valence-electron chi connectivity index (χ4n) is 5.69. The van der Waals surface area contributed by atoms with Crippen molar-refractivity contribution in [2.24, 2.45) is 17.8 Å². The molecule has 3 aromatic rings. The molecular weight excluding hydrogens is 442 g/mol. The van der Waals surface area contributed by atoms with Crippen molar-refractivity contribution in [2.75, 3.05) is 4.72 Å². The molecule has 2 aliphatic carbocycles. The molecule has 1 aromatic heterocycles. The maximum absolute atomic E-state index is 13.1. The average molecular weight is 466 g/mol. The summed E-state index contributed by atoms with van der Waals surface area (Å²) in [6.07, 6.45) is 1.82. The predicted octanol–water partition coefficient (Wildman–Crippen LogP) is 3.82. The number of aromatic nitrogens is 2. The minimum absolute atomic E-state index is 0.0389. The summed E-state index contributed by atoms with van der Waals surface area (Å²) in [5.41, 5.74) is 2.68. The van der Waals surface area contributed by atoms with E-state index in [0.717, 1.165) is 18.4 Å². The van der Waals surface area contributed by atoms with Gasteiger partial charge in [-0.15, -0.1) is 0 Å². The molecule has 0 amide bonds. The van der Waals surface area contributed by atoms with E-state index in [1.54, 1.807) is 37.3 Å². The monoisotopic (exact) mass is 465 g/mol. The van der Waals surface area contributed by atoms with Gasteiger partial charge in [-0.1, -0.05) is 35.0 Å². The van der Waals surface area contributed by atoms with Crippen LogP contribution in [0.3, 0.4) is 0 Å². The van der Waals surface area contributed by atoms with Crippen LogP contribution in [0.2, 0.25) is 0 Å². The fraction of sp³-hybridized carbons (Fsp3) is 0.375. The third-order valence-corrected chi connectivity index (χ3v) is 8.77. The Morgan fingerprint density at radius 3 is 2.61 bits per heavy atom. The second-order valence-electron chi connectivity index (χ2n) is 9.33. The molecule has 33 heavy (non-hydrogen) atoms. The molecule has 2 saturated carbocycles. The van der Waals surface area contributed by atoms with Crippen LogP contribution < -0.4 is 4.72 Å². The third-order valence-electron chi connectivity index (χ3n) is 7.25. The van der Waals surface area contributed by atoms with Gasteiger partial charge >= 0.3 is 5.97 Å². The van der Waals surface area contributed by atoms with E-state index in [-0.39, 0.29) is 34.7 Å². The molecule has 8 nitrogen and oxygen atoms in total. The average Bonchev–Trinajstić information content (AvgIpc) is 3.52. The second kappa shape index (κ2) is 7.15. The van der Waals surface area contributed by atoms with E-state index in [9.17, 15) is 13.2 Å². The SMILES string of the molecule is Cc1ccc(NS(=O)(=O)c2cc(-c3noc([C@@H]4[C@@H]5C[C@@H]6[C@H]4C(=O)O[C@@H]6C5)n3)ccc2C)cc1. The predicted molar refractivity (Wildman–Crippen MR) is 119 cm³/mol. The number of nitrogens with zero attached hydrogens (tertiary/aromatic N) is 2. The van der Waals surface area contributed by atoms with Gasteiger partial charge in [0.25, 0.3) is 10.0 Å². The van der Waals surface area contributed by atoms with Gasteiger partial charge in [-0.05, 0) is 56.4 Å². The van der Waals surface area contributed by atoms with Crippen molar-refractivity contribution in [1.82, 2.24) is 10.1 Å². The number of sulfonamides is 1. The maximum atomic E-state index is 13.1. The zero-order chi connectivity index (χ0) is 22.9. The second-order valence-corrected chi connectivity index (χ2v) is 11.0. The van der Waals surface area contributed by atoms with Crippen molar-refractivity contribution in [2.45, 2.75) is 43.6 Å². The summed E-state index contributed by atoms with van der Waals surface area (Å²) >= 11 is 0. The van der Waals surface area contributed by atoms with E-state index in [2.05, 4.69) is 14.9 Å². The molecule has 0 radical (unpaired) electrons. The number of carbonyl (C=O) groups excluding carboxylic acids is 1. The minimum atomic E-state index is -3.81. The maximum Gasteiger partial charge on any atom is 0.310 e. The highest BCUT2D eigenvalue weighted by molar-refractivity contribution is 7.92. The Kier molecular flexibility index (Phi) is 4.42. The molecule has 5 atom stereocenters. The molecular formula is C24H23N3O5S. The van der Waals surface area contributed by atoms with Crippen LogP contribution in [0.4, 0.5) is 5.69 Å². The first-order valence-corrected chi connectivity index (χ1v) is 12.5. The van der Waals surface area contributed by atoms with Gasteiger partial charge in [0.15, 0.2) is 0 Å².